The number of aromatic nitrogens is 1. The molecule has 0 aliphatic rings. The van der Waals surface area contributed by atoms with Crippen LogP contribution in [0.15, 0.2) is 77.7 Å². The lowest BCUT2D eigenvalue weighted by molar-refractivity contribution is -0.144. The molecule has 1 heterocycles. The average molecular weight is 664 g/mol. The SMILES string of the molecule is CCCC[C@@H](CC)COC(=O)CCSc1ccc(C)nc1O[C@H](C)CCCCO[Si](c1ccccc1)(c1ccccc1)C(C)(C)C. The smallest absolute Gasteiger partial charge is 0.306 e. The maximum absolute atomic E-state index is 12.4. The Hall–Kier alpha value is -2.61. The molecule has 0 amide bonds. The van der Waals surface area contributed by atoms with Gasteiger partial charge in [0.1, 0.15) is 0 Å². The van der Waals surface area contributed by atoms with Gasteiger partial charge in [0.25, 0.3) is 8.32 Å². The Bertz CT molecular complexity index is 1260. The second-order valence-corrected chi connectivity index (χ2v) is 18.8. The predicted molar refractivity (Wildman–Crippen MR) is 196 cm³/mol. The van der Waals surface area contributed by atoms with Crippen LogP contribution in [0.1, 0.15) is 98.6 Å². The first-order valence-corrected chi connectivity index (χ1v) is 20.2. The highest BCUT2D eigenvalue weighted by molar-refractivity contribution is 7.99. The highest BCUT2D eigenvalue weighted by Crippen LogP contribution is 2.37. The van der Waals surface area contributed by atoms with E-state index in [0.717, 1.165) is 42.7 Å². The summed E-state index contributed by atoms with van der Waals surface area (Å²) in [6.07, 6.45) is 7.78. The minimum atomic E-state index is -2.52. The fraction of sp³-hybridized carbons (Fsp3) is 0.538. The standard InChI is InChI=1S/C39H57NO4SSi/c1-8-10-20-33(9-2)30-42-37(41)27-29-45-36-26-25-31(3)40-38(36)44-32(4)19-17-18-28-43-46(39(5,6)7,34-21-13-11-14-22-34)35-23-15-12-16-24-35/h11-16,21-26,32-33H,8-10,17-20,27-30H2,1-7H3/t32-,33-/m1/s1. The molecule has 0 spiro atoms. The molecule has 2 aromatic carbocycles. The quantitative estimate of drug-likeness (QED) is 0.0520. The summed E-state index contributed by atoms with van der Waals surface area (Å²) in [5, 5.41) is 2.60. The van der Waals surface area contributed by atoms with Crippen molar-refractivity contribution in [2.45, 2.75) is 116 Å². The normalized spacial score (nSPS) is 13.3. The van der Waals surface area contributed by atoms with Crippen molar-refractivity contribution in [3.63, 3.8) is 0 Å². The molecule has 0 saturated carbocycles. The van der Waals surface area contributed by atoms with Gasteiger partial charge in [0.05, 0.1) is 24.0 Å². The van der Waals surface area contributed by atoms with Crippen LogP contribution in [0.25, 0.3) is 0 Å². The topological polar surface area (TPSA) is 57.7 Å². The summed E-state index contributed by atoms with van der Waals surface area (Å²) in [4.78, 5) is 18.1. The average Bonchev–Trinajstić information content (AvgIpc) is 3.04. The molecule has 0 saturated heterocycles. The monoisotopic (exact) mass is 663 g/mol. The Balaban J connectivity index is 1.52. The van der Waals surface area contributed by atoms with Crippen LogP contribution in [0, 0.1) is 12.8 Å². The number of rotatable bonds is 20. The number of aryl methyl sites for hydroxylation is 1. The van der Waals surface area contributed by atoms with Gasteiger partial charge in [0.15, 0.2) is 0 Å². The molecule has 0 unspecified atom stereocenters. The van der Waals surface area contributed by atoms with Crippen molar-refractivity contribution in [2.75, 3.05) is 19.0 Å². The maximum atomic E-state index is 12.4. The lowest BCUT2D eigenvalue weighted by Gasteiger charge is -2.43. The summed E-state index contributed by atoms with van der Waals surface area (Å²) in [5.74, 6) is 1.63. The first kappa shape index (κ1) is 37.8. The molecule has 0 N–H and O–H groups in total. The van der Waals surface area contributed by atoms with Crippen molar-refractivity contribution in [2.24, 2.45) is 5.92 Å². The molecular weight excluding hydrogens is 607 g/mol. The Kier molecular flexibility index (Phi) is 15.8. The van der Waals surface area contributed by atoms with Gasteiger partial charge >= 0.3 is 5.97 Å². The van der Waals surface area contributed by atoms with Crippen LogP contribution < -0.4 is 15.1 Å². The van der Waals surface area contributed by atoms with E-state index in [-0.39, 0.29) is 17.1 Å². The first-order valence-electron chi connectivity index (χ1n) is 17.3. The van der Waals surface area contributed by atoms with Crippen LogP contribution >= 0.6 is 11.8 Å². The molecule has 0 aliphatic carbocycles. The third-order valence-corrected chi connectivity index (χ3v) is 14.7. The first-order chi connectivity index (χ1) is 22.1. The number of nitrogens with zero attached hydrogens (tertiary/aromatic N) is 1. The minimum Gasteiger partial charge on any atom is -0.474 e. The van der Waals surface area contributed by atoms with Crippen molar-refractivity contribution < 1.29 is 18.7 Å². The maximum Gasteiger partial charge on any atom is 0.306 e. The van der Waals surface area contributed by atoms with Gasteiger partial charge in [-0.25, -0.2) is 4.98 Å². The molecule has 252 valence electrons. The van der Waals surface area contributed by atoms with Gasteiger partial charge in [-0.1, -0.05) is 115 Å². The number of carbonyl (C=O) groups is 1. The van der Waals surface area contributed by atoms with Gasteiger partial charge in [-0.3, -0.25) is 4.79 Å². The number of unbranched alkanes of at least 4 members (excludes halogenated alkanes) is 2. The van der Waals surface area contributed by atoms with E-state index in [4.69, 9.17) is 18.9 Å². The summed E-state index contributed by atoms with van der Waals surface area (Å²) >= 11 is 1.61. The Labute approximate surface area is 284 Å². The zero-order valence-electron chi connectivity index (χ0n) is 29.3. The van der Waals surface area contributed by atoms with Crippen LogP contribution in [0.3, 0.4) is 0 Å². The van der Waals surface area contributed by atoms with E-state index in [1.807, 2.05) is 13.0 Å². The summed E-state index contributed by atoms with van der Waals surface area (Å²) in [6, 6.07) is 25.7. The molecule has 46 heavy (non-hydrogen) atoms. The second kappa shape index (κ2) is 19.3. The zero-order valence-corrected chi connectivity index (χ0v) is 31.2. The lowest BCUT2D eigenvalue weighted by atomic mass is 10.0. The van der Waals surface area contributed by atoms with E-state index < -0.39 is 8.32 Å². The number of pyridine rings is 1. The van der Waals surface area contributed by atoms with Crippen molar-refractivity contribution in [3.8, 4) is 5.88 Å². The highest BCUT2D eigenvalue weighted by Gasteiger charge is 2.49. The summed E-state index contributed by atoms with van der Waals surface area (Å²) in [6.45, 7) is 16.6. The van der Waals surface area contributed by atoms with E-state index in [0.29, 0.717) is 37.2 Å². The van der Waals surface area contributed by atoms with E-state index >= 15 is 0 Å². The molecule has 1 aromatic heterocycles. The molecule has 3 aromatic rings. The molecule has 0 aliphatic heterocycles. The Morgan fingerprint density at radius 1 is 0.891 bits per heavy atom. The van der Waals surface area contributed by atoms with Crippen LogP contribution in [-0.2, 0) is 14.0 Å². The number of benzene rings is 2. The summed E-state index contributed by atoms with van der Waals surface area (Å²) in [5.41, 5.74) is 0.919. The molecule has 0 fully saturated rings. The van der Waals surface area contributed by atoms with Crippen molar-refractivity contribution in [3.05, 3.63) is 78.5 Å². The zero-order chi connectivity index (χ0) is 33.4. The van der Waals surface area contributed by atoms with E-state index in [1.54, 1.807) is 11.8 Å². The van der Waals surface area contributed by atoms with E-state index in [1.165, 1.54) is 23.2 Å². The molecule has 0 bridgehead atoms. The third-order valence-electron chi connectivity index (χ3n) is 8.60. The predicted octanol–water partition coefficient (Wildman–Crippen LogP) is 9.15. The lowest BCUT2D eigenvalue weighted by Crippen LogP contribution is -2.66. The van der Waals surface area contributed by atoms with Crippen molar-refractivity contribution in [1.29, 1.82) is 0 Å². The van der Waals surface area contributed by atoms with Gasteiger partial charge < -0.3 is 13.9 Å². The van der Waals surface area contributed by atoms with E-state index in [2.05, 4.69) is 108 Å². The highest BCUT2D eigenvalue weighted by atomic mass is 32.2. The summed E-state index contributed by atoms with van der Waals surface area (Å²) < 4.78 is 19.0. The van der Waals surface area contributed by atoms with Crippen LogP contribution in [-0.4, -0.2) is 44.3 Å². The molecule has 2 atom stereocenters. The van der Waals surface area contributed by atoms with Gasteiger partial charge in [-0.2, -0.15) is 0 Å². The molecule has 7 heteroatoms. The number of hydrogen-bond acceptors (Lipinski definition) is 6. The van der Waals surface area contributed by atoms with Crippen molar-refractivity contribution >= 4 is 36.4 Å². The molecule has 0 radical (unpaired) electrons. The van der Waals surface area contributed by atoms with Gasteiger partial charge in [0, 0.05) is 18.1 Å². The second-order valence-electron chi connectivity index (χ2n) is 13.4. The molecule has 5 nitrogen and oxygen atoms in total. The number of esters is 1. The van der Waals surface area contributed by atoms with Crippen LogP contribution in [0.2, 0.25) is 5.04 Å². The molecular formula is C39H57NO4SSi. The van der Waals surface area contributed by atoms with Gasteiger partial charge in [0.2, 0.25) is 5.88 Å². The minimum absolute atomic E-state index is 0.0144. The summed E-state index contributed by atoms with van der Waals surface area (Å²) in [7, 11) is -2.52. The third kappa shape index (κ3) is 11.3. The fourth-order valence-electron chi connectivity index (χ4n) is 5.91. The number of thioether (sulfide) groups is 1. The van der Waals surface area contributed by atoms with Gasteiger partial charge in [-0.15, -0.1) is 11.8 Å². The fourth-order valence-corrected chi connectivity index (χ4v) is 11.4. The van der Waals surface area contributed by atoms with Crippen molar-refractivity contribution in [1.82, 2.24) is 4.98 Å². The van der Waals surface area contributed by atoms with Crippen LogP contribution in [0.5, 0.6) is 5.88 Å². The number of carbonyl (C=O) groups excluding carboxylic acids is 1. The largest absolute Gasteiger partial charge is 0.474 e. The number of hydrogen-bond donors (Lipinski definition) is 0. The van der Waals surface area contributed by atoms with E-state index in [9.17, 15) is 4.79 Å². The Morgan fingerprint density at radius 3 is 2.13 bits per heavy atom. The van der Waals surface area contributed by atoms with Crippen LogP contribution in [0.4, 0.5) is 0 Å². The Morgan fingerprint density at radius 2 is 1.54 bits per heavy atom. The van der Waals surface area contributed by atoms with Gasteiger partial charge in [-0.05, 0) is 73.0 Å². The number of ether oxygens (including phenoxy) is 2. The molecule has 3 rings (SSSR count).